The van der Waals surface area contributed by atoms with Crippen LogP contribution in [0, 0.1) is 0 Å². The van der Waals surface area contributed by atoms with E-state index < -0.39 is 85.6 Å². The Morgan fingerprint density at radius 2 is 1.34 bits per heavy atom. The summed E-state index contributed by atoms with van der Waals surface area (Å²) in [5.41, 5.74) is 20.9. The number of aliphatic carboxylic acids is 2. The molecule has 0 bridgehead atoms. The molecule has 0 aromatic heterocycles. The first-order chi connectivity index (χ1) is 16.3. The second kappa shape index (κ2) is 15.8. The van der Waals surface area contributed by atoms with Gasteiger partial charge in [-0.05, 0) is 19.3 Å². The molecule has 198 valence electrons. The van der Waals surface area contributed by atoms with Crippen molar-refractivity contribution in [2.75, 3.05) is 13.2 Å². The third kappa shape index (κ3) is 13.3. The van der Waals surface area contributed by atoms with Gasteiger partial charge < -0.3 is 54.2 Å². The number of amides is 4. The number of nitrogens with two attached hydrogens (primary N) is 4. The SMILES string of the molecule is NC(=O)CC(NC(=O)C(CCC(=O)O)NC(=O)C(N)CO)C(=O)NC(CCCN=C(N)N)C(=O)O. The van der Waals surface area contributed by atoms with E-state index in [2.05, 4.69) is 20.9 Å². The van der Waals surface area contributed by atoms with Crippen LogP contribution in [0.2, 0.25) is 0 Å². The average Bonchev–Trinajstić information content (AvgIpc) is 2.76. The molecule has 4 unspecified atom stereocenters. The maximum atomic E-state index is 12.7. The number of hydrogen-bond donors (Lipinski definition) is 10. The van der Waals surface area contributed by atoms with Gasteiger partial charge in [0.05, 0.1) is 13.0 Å². The van der Waals surface area contributed by atoms with Crippen LogP contribution in [-0.2, 0) is 28.8 Å². The molecule has 0 spiro atoms. The lowest BCUT2D eigenvalue weighted by atomic mass is 10.1. The van der Waals surface area contributed by atoms with Crippen molar-refractivity contribution < 1.29 is 44.1 Å². The van der Waals surface area contributed by atoms with Gasteiger partial charge >= 0.3 is 11.9 Å². The first-order valence-electron chi connectivity index (χ1n) is 10.3. The Morgan fingerprint density at radius 3 is 1.83 bits per heavy atom. The average molecular weight is 505 g/mol. The van der Waals surface area contributed by atoms with Gasteiger partial charge in [-0.25, -0.2) is 4.79 Å². The maximum Gasteiger partial charge on any atom is 0.326 e. The third-order valence-electron chi connectivity index (χ3n) is 4.41. The second-order valence-electron chi connectivity index (χ2n) is 7.36. The maximum absolute atomic E-state index is 12.7. The summed E-state index contributed by atoms with van der Waals surface area (Å²) in [5, 5.41) is 33.7. The highest BCUT2D eigenvalue weighted by molar-refractivity contribution is 5.96. The van der Waals surface area contributed by atoms with Gasteiger partial charge in [-0.1, -0.05) is 0 Å². The van der Waals surface area contributed by atoms with Gasteiger partial charge in [0.2, 0.25) is 23.6 Å². The Kier molecular flexibility index (Phi) is 14.0. The van der Waals surface area contributed by atoms with E-state index in [4.69, 9.17) is 33.1 Å². The van der Waals surface area contributed by atoms with Crippen LogP contribution in [0.1, 0.15) is 32.1 Å². The largest absolute Gasteiger partial charge is 0.481 e. The predicted octanol–water partition coefficient (Wildman–Crippen LogP) is -5.36. The number of nitrogens with one attached hydrogen (secondary N) is 3. The lowest BCUT2D eigenvalue weighted by Crippen LogP contribution is -2.58. The third-order valence-corrected chi connectivity index (χ3v) is 4.41. The number of carboxylic acid groups (broad SMARTS) is 2. The smallest absolute Gasteiger partial charge is 0.326 e. The van der Waals surface area contributed by atoms with Crippen LogP contribution in [0.4, 0.5) is 0 Å². The van der Waals surface area contributed by atoms with E-state index in [1.165, 1.54) is 0 Å². The number of aliphatic imine (C=N–C) groups is 1. The fraction of sp³-hybridized carbons (Fsp3) is 0.611. The van der Waals surface area contributed by atoms with Crippen LogP contribution in [0.3, 0.4) is 0 Å². The molecule has 0 fully saturated rings. The minimum absolute atomic E-state index is 0.0877. The summed E-state index contributed by atoms with van der Waals surface area (Å²) in [6, 6.07) is -5.98. The van der Waals surface area contributed by atoms with Crippen LogP contribution >= 0.6 is 0 Å². The Bertz CT molecular complexity index is 816. The van der Waals surface area contributed by atoms with Gasteiger partial charge in [-0.15, -0.1) is 0 Å². The van der Waals surface area contributed by atoms with E-state index in [0.717, 1.165) is 0 Å². The topological polar surface area (TPSA) is 316 Å². The predicted molar refractivity (Wildman–Crippen MR) is 119 cm³/mol. The number of aliphatic hydroxyl groups excluding tert-OH is 1. The van der Waals surface area contributed by atoms with Crippen molar-refractivity contribution in [3.63, 3.8) is 0 Å². The molecule has 0 aromatic carbocycles. The molecule has 0 heterocycles. The zero-order chi connectivity index (χ0) is 27.1. The second-order valence-corrected chi connectivity index (χ2v) is 7.36. The van der Waals surface area contributed by atoms with E-state index >= 15 is 0 Å². The summed E-state index contributed by atoms with van der Waals surface area (Å²) in [4.78, 5) is 74.8. The molecule has 17 nitrogen and oxygen atoms in total. The Hall–Kier alpha value is -3.99. The highest BCUT2D eigenvalue weighted by Gasteiger charge is 2.31. The summed E-state index contributed by atoms with van der Waals surface area (Å²) < 4.78 is 0. The molecule has 0 aliphatic rings. The van der Waals surface area contributed by atoms with Crippen molar-refractivity contribution in [2.45, 2.75) is 56.3 Å². The van der Waals surface area contributed by atoms with E-state index in [0.29, 0.717) is 0 Å². The molecular weight excluding hydrogens is 472 g/mol. The Labute approximate surface area is 199 Å². The van der Waals surface area contributed by atoms with E-state index in [1.54, 1.807) is 0 Å². The highest BCUT2D eigenvalue weighted by Crippen LogP contribution is 2.04. The Balaban J connectivity index is 5.49. The van der Waals surface area contributed by atoms with Crippen molar-refractivity contribution in [2.24, 2.45) is 27.9 Å². The van der Waals surface area contributed by atoms with Gasteiger partial charge in [0.25, 0.3) is 0 Å². The number of nitrogens with zero attached hydrogens (tertiary/aromatic N) is 1. The highest BCUT2D eigenvalue weighted by atomic mass is 16.4. The summed E-state index contributed by atoms with van der Waals surface area (Å²) in [7, 11) is 0. The van der Waals surface area contributed by atoms with Crippen molar-refractivity contribution >= 4 is 41.5 Å². The van der Waals surface area contributed by atoms with E-state index in [9.17, 15) is 33.9 Å². The lowest BCUT2D eigenvalue weighted by molar-refractivity contribution is -0.142. The molecule has 0 saturated heterocycles. The zero-order valence-electron chi connectivity index (χ0n) is 18.8. The number of rotatable bonds is 17. The van der Waals surface area contributed by atoms with Crippen LogP contribution in [0.25, 0.3) is 0 Å². The fourth-order valence-electron chi connectivity index (χ4n) is 2.61. The minimum Gasteiger partial charge on any atom is -0.481 e. The van der Waals surface area contributed by atoms with Crippen LogP contribution in [0.15, 0.2) is 4.99 Å². The molecule has 0 rings (SSSR count). The van der Waals surface area contributed by atoms with Gasteiger partial charge in [0.1, 0.15) is 24.2 Å². The van der Waals surface area contributed by atoms with Crippen molar-refractivity contribution in [1.29, 1.82) is 0 Å². The number of primary amides is 1. The van der Waals surface area contributed by atoms with Gasteiger partial charge in [-0.3, -0.25) is 29.0 Å². The first-order valence-corrected chi connectivity index (χ1v) is 10.3. The quantitative estimate of drug-likeness (QED) is 0.0504. The molecule has 0 saturated carbocycles. The van der Waals surface area contributed by atoms with Crippen molar-refractivity contribution in [1.82, 2.24) is 16.0 Å². The van der Waals surface area contributed by atoms with Crippen LogP contribution in [0.5, 0.6) is 0 Å². The molecule has 35 heavy (non-hydrogen) atoms. The standard InChI is InChI=1S/C18H32N8O9/c19-8(7-27)14(31)24-9(3-4-13(29)30)15(32)26-11(6-12(20)28)16(33)25-10(17(34)35)2-1-5-23-18(21)22/h8-11,27H,1-7,19H2,(H2,20,28)(H,24,31)(H,25,33)(H,26,32)(H,29,30)(H,34,35)(H4,21,22,23). The molecule has 4 amide bonds. The fourth-order valence-corrected chi connectivity index (χ4v) is 2.61. The zero-order valence-corrected chi connectivity index (χ0v) is 18.8. The number of hydrogen-bond acceptors (Lipinski definition) is 9. The summed E-state index contributed by atoms with van der Waals surface area (Å²) in [6.07, 6.45) is -1.62. The number of carbonyl (C=O) groups is 6. The molecule has 0 aliphatic carbocycles. The summed E-state index contributed by atoms with van der Waals surface area (Å²) >= 11 is 0. The Morgan fingerprint density at radius 1 is 0.800 bits per heavy atom. The summed E-state index contributed by atoms with van der Waals surface area (Å²) in [5.74, 6) is -7.02. The number of aliphatic hydroxyl groups is 1. The molecule has 14 N–H and O–H groups in total. The van der Waals surface area contributed by atoms with Crippen LogP contribution in [-0.4, -0.2) is 94.2 Å². The monoisotopic (exact) mass is 504 g/mol. The first kappa shape index (κ1) is 31.0. The number of carboxylic acids is 2. The molecule has 4 atom stereocenters. The van der Waals surface area contributed by atoms with Crippen molar-refractivity contribution in [3.05, 3.63) is 0 Å². The lowest BCUT2D eigenvalue weighted by Gasteiger charge is -2.24. The van der Waals surface area contributed by atoms with Crippen LogP contribution < -0.4 is 38.9 Å². The number of guanidine groups is 1. The molecule has 17 heteroatoms. The van der Waals surface area contributed by atoms with Gasteiger partial charge in [0.15, 0.2) is 5.96 Å². The number of carbonyl (C=O) groups excluding carboxylic acids is 4. The van der Waals surface area contributed by atoms with Gasteiger partial charge in [-0.2, -0.15) is 0 Å². The molecule has 0 radical (unpaired) electrons. The molecule has 0 aromatic rings. The summed E-state index contributed by atoms with van der Waals surface area (Å²) in [6.45, 7) is -0.671. The van der Waals surface area contributed by atoms with Gasteiger partial charge in [0, 0.05) is 13.0 Å². The van der Waals surface area contributed by atoms with Crippen molar-refractivity contribution in [3.8, 4) is 0 Å². The molecule has 0 aliphatic heterocycles. The minimum atomic E-state index is -1.64. The molecular formula is C18H32N8O9. The van der Waals surface area contributed by atoms with E-state index in [1.807, 2.05) is 0 Å². The normalized spacial score (nSPS) is 13.9. The van der Waals surface area contributed by atoms with E-state index in [-0.39, 0.29) is 25.3 Å².